The van der Waals surface area contributed by atoms with E-state index in [1.54, 1.807) is 28.4 Å². The Kier molecular flexibility index (Phi) is 58.4. The molecule has 61 heavy (non-hydrogen) atoms. The van der Waals surface area contributed by atoms with Crippen molar-refractivity contribution in [1.29, 1.82) is 0 Å². The Morgan fingerprint density at radius 2 is 0.820 bits per heavy atom. The van der Waals surface area contributed by atoms with Crippen LogP contribution in [-0.4, -0.2) is 139 Å². The number of likely N-dealkylation sites (N-methyl/N-ethyl adjacent to an activating group) is 3. The van der Waals surface area contributed by atoms with Gasteiger partial charge in [0, 0.05) is 67.1 Å². The summed E-state index contributed by atoms with van der Waals surface area (Å²) in [5.41, 5.74) is 9.19. The van der Waals surface area contributed by atoms with Gasteiger partial charge in [-0.15, -0.1) is 24.0 Å². The summed E-state index contributed by atoms with van der Waals surface area (Å²) < 4.78 is 31.2. The summed E-state index contributed by atoms with van der Waals surface area (Å²) in [4.78, 5) is 2.22. The smallest absolute Gasteiger partial charge is 0.108 e. The summed E-state index contributed by atoms with van der Waals surface area (Å²) in [5, 5.41) is 5.89. The van der Waals surface area contributed by atoms with E-state index in [-0.39, 0.29) is 36.2 Å². The van der Waals surface area contributed by atoms with E-state index in [9.17, 15) is 0 Å². The van der Waals surface area contributed by atoms with Gasteiger partial charge in [0.2, 0.25) is 0 Å². The molecule has 9 N–H and O–H groups in total. The number of halogens is 2. The molecule has 352 valence electrons. The number of nitrogens with two attached hydrogens (primary N) is 1. The number of methoxy groups -OCH3 is 4. The number of nitrogens with one attached hydrogen (secondary N) is 2. The number of benzene rings is 4. The van der Waals surface area contributed by atoms with Gasteiger partial charge in [-0.05, 0) is 56.9 Å². The summed E-state index contributed by atoms with van der Waals surface area (Å²) in [6.45, 7) is 10.3. The highest BCUT2D eigenvalue weighted by molar-refractivity contribution is 6.17. The van der Waals surface area contributed by atoms with Gasteiger partial charge in [-0.25, -0.2) is 0 Å². The average molecular weight is 901 g/mol. The lowest BCUT2D eigenvalue weighted by molar-refractivity contribution is 0.0593. The minimum atomic E-state index is -0.0313. The molecule has 0 spiro atoms. The highest BCUT2D eigenvalue weighted by Gasteiger charge is 2.15. The molecule has 12 nitrogen and oxygen atoms in total. The number of nitrogens with zero attached hydrogens (tertiary/aromatic N) is 1. The lowest BCUT2D eigenvalue weighted by atomic mass is 10.0. The van der Waals surface area contributed by atoms with Crippen molar-refractivity contribution in [2.75, 3.05) is 128 Å². The third-order valence-electron chi connectivity index (χ3n) is 7.73. The summed E-state index contributed by atoms with van der Waals surface area (Å²) in [5.74, 6) is 0.510. The predicted molar refractivity (Wildman–Crippen MR) is 261 cm³/mol. The topological polar surface area (TPSA) is 175 Å². The molecule has 0 saturated heterocycles. The fourth-order valence-electron chi connectivity index (χ4n) is 4.74. The molecule has 4 rings (SSSR count). The summed E-state index contributed by atoms with van der Waals surface area (Å²) in [7, 11) is 14.2. The molecule has 0 heterocycles. The number of ether oxygens (including phenoxy) is 6. The number of hydrogen-bond acceptors (Lipinski definition) is 11. The molecule has 0 aliphatic rings. The first-order valence-electron chi connectivity index (χ1n) is 20.0. The van der Waals surface area contributed by atoms with Crippen molar-refractivity contribution in [2.24, 2.45) is 5.73 Å². The van der Waals surface area contributed by atoms with Crippen molar-refractivity contribution in [1.82, 2.24) is 21.7 Å². The van der Waals surface area contributed by atoms with Crippen LogP contribution in [0.5, 0.6) is 0 Å². The SMILES string of the molecule is CCCOC.CN.CNCCOC.CNCCOC.COCCN(C)CCOC(c1ccccc1)c1ccccc1.Cl.ClCCOC(c1ccccc1)c1ccccc1.N.O. The quantitative estimate of drug-likeness (QED) is 0.0455. The van der Waals surface area contributed by atoms with Gasteiger partial charge in [0.15, 0.2) is 0 Å². The van der Waals surface area contributed by atoms with E-state index in [1.807, 2.05) is 62.6 Å². The van der Waals surface area contributed by atoms with Crippen LogP contribution in [0.15, 0.2) is 121 Å². The van der Waals surface area contributed by atoms with Crippen molar-refractivity contribution < 1.29 is 33.9 Å². The molecule has 0 bridgehead atoms. The van der Waals surface area contributed by atoms with E-state index in [0.717, 1.165) is 70.2 Å². The van der Waals surface area contributed by atoms with Gasteiger partial charge in [0.1, 0.15) is 12.2 Å². The van der Waals surface area contributed by atoms with E-state index in [1.165, 1.54) is 18.2 Å². The van der Waals surface area contributed by atoms with Crippen LogP contribution in [0.4, 0.5) is 0 Å². The fourth-order valence-corrected chi connectivity index (χ4v) is 4.83. The van der Waals surface area contributed by atoms with E-state index < -0.39 is 0 Å². The minimum absolute atomic E-state index is 0. The minimum Gasteiger partial charge on any atom is -0.412 e. The molecule has 14 heteroatoms. The zero-order valence-electron chi connectivity index (χ0n) is 38.7. The molecule has 0 fully saturated rings. The van der Waals surface area contributed by atoms with Crippen molar-refractivity contribution >= 4 is 24.0 Å². The molecular weight excluding hydrogens is 817 g/mol. The Balaban J connectivity index is -0.000000237. The third kappa shape index (κ3) is 38.4. The van der Waals surface area contributed by atoms with E-state index in [2.05, 4.69) is 108 Å². The second-order valence-electron chi connectivity index (χ2n) is 12.3. The second kappa shape index (κ2) is 53.1. The zero-order valence-corrected chi connectivity index (χ0v) is 40.2. The Morgan fingerprint density at radius 1 is 0.525 bits per heavy atom. The van der Waals surface area contributed by atoms with Crippen LogP contribution in [0.25, 0.3) is 0 Å². The van der Waals surface area contributed by atoms with Crippen LogP contribution in [0.3, 0.4) is 0 Å². The maximum atomic E-state index is 6.18. The Hall–Kier alpha value is -3.02. The van der Waals surface area contributed by atoms with E-state index >= 15 is 0 Å². The highest BCUT2D eigenvalue weighted by Crippen LogP contribution is 2.26. The standard InChI is InChI=1S/C19H25NO2.C15H15ClO.2C4H11NO.C4H10O.CH5N.ClH.H3N.H2O/c1-20(13-15-21-2)14-16-22-19(17-9-5-3-6-10-17)18-11-7-4-8-12-18;16-11-12-17-15(13-7-3-1-4-8-13)14-9-5-2-6-10-14;2*1-5-3-4-6-2;1-3-4-5-2;1-2;;;/h3-12,19H,13-16H2,1-2H3;1-10,15H,11-12H2;2*5H,3-4H2,1-2H3;3-4H2,1-2H3;2H2,1H3;1H;1H3;1H2. The average Bonchev–Trinajstić information content (AvgIpc) is 3.29. The van der Waals surface area contributed by atoms with Crippen molar-refractivity contribution in [2.45, 2.75) is 25.6 Å². The van der Waals surface area contributed by atoms with Gasteiger partial charge in [-0.1, -0.05) is 128 Å². The lowest BCUT2D eigenvalue weighted by Crippen LogP contribution is -2.27. The first kappa shape index (κ1) is 67.1. The lowest BCUT2D eigenvalue weighted by Gasteiger charge is -2.21. The van der Waals surface area contributed by atoms with Crippen LogP contribution in [0.1, 0.15) is 47.8 Å². The molecule has 0 unspecified atom stereocenters. The monoisotopic (exact) mass is 900 g/mol. The first-order valence-corrected chi connectivity index (χ1v) is 20.5. The van der Waals surface area contributed by atoms with Gasteiger partial charge < -0.3 is 61.3 Å². The number of alkyl halides is 1. The molecule has 0 aliphatic heterocycles. The molecule has 0 radical (unpaired) electrons. The third-order valence-corrected chi connectivity index (χ3v) is 7.88. The number of rotatable bonds is 22. The molecule has 4 aromatic rings. The van der Waals surface area contributed by atoms with Crippen molar-refractivity contribution in [3.8, 4) is 0 Å². The molecule has 4 aromatic carbocycles. The van der Waals surface area contributed by atoms with Crippen LogP contribution in [0.2, 0.25) is 0 Å². The van der Waals surface area contributed by atoms with Crippen LogP contribution in [0, 0.1) is 0 Å². The highest BCUT2D eigenvalue weighted by atomic mass is 35.5. The van der Waals surface area contributed by atoms with Crippen LogP contribution in [-0.2, 0) is 28.4 Å². The van der Waals surface area contributed by atoms with Crippen LogP contribution >= 0.6 is 24.0 Å². The zero-order chi connectivity index (χ0) is 43.3. The van der Waals surface area contributed by atoms with E-state index in [0.29, 0.717) is 19.1 Å². The van der Waals surface area contributed by atoms with Crippen LogP contribution < -0.4 is 22.5 Å². The van der Waals surface area contributed by atoms with Gasteiger partial charge >= 0.3 is 0 Å². The Labute approximate surface area is 381 Å². The first-order chi connectivity index (χ1) is 28.5. The molecule has 0 saturated carbocycles. The molecule has 0 amide bonds. The predicted octanol–water partition coefficient (Wildman–Crippen LogP) is 7.48. The second-order valence-corrected chi connectivity index (χ2v) is 12.7. The largest absolute Gasteiger partial charge is 0.412 e. The maximum Gasteiger partial charge on any atom is 0.108 e. The van der Waals surface area contributed by atoms with Gasteiger partial charge in [-0.2, -0.15) is 0 Å². The summed E-state index contributed by atoms with van der Waals surface area (Å²) in [6, 6.07) is 41.2. The normalized spacial score (nSPS) is 9.61. The molecule has 0 atom stereocenters. The molecule has 0 aromatic heterocycles. The number of hydrogen-bond donors (Lipinski definition) is 4. The summed E-state index contributed by atoms with van der Waals surface area (Å²) in [6.07, 6.45) is 1.07. The van der Waals surface area contributed by atoms with Gasteiger partial charge in [0.05, 0.1) is 33.0 Å². The molecule has 0 aliphatic carbocycles. The fraction of sp³-hybridized carbons (Fsp3) is 0.489. The Bertz CT molecular complexity index is 1250. The van der Waals surface area contributed by atoms with Gasteiger partial charge in [-0.3, -0.25) is 0 Å². The van der Waals surface area contributed by atoms with Crippen molar-refractivity contribution in [3.05, 3.63) is 144 Å². The van der Waals surface area contributed by atoms with Crippen molar-refractivity contribution in [3.63, 3.8) is 0 Å². The summed E-state index contributed by atoms with van der Waals surface area (Å²) >= 11 is 5.70. The van der Waals surface area contributed by atoms with Gasteiger partial charge in [0.25, 0.3) is 0 Å². The molecular formula is C47H83Cl2N5O7. The Morgan fingerprint density at radius 3 is 1.05 bits per heavy atom. The maximum absolute atomic E-state index is 6.18. The van der Waals surface area contributed by atoms with E-state index in [4.69, 9.17) is 40.0 Å².